The van der Waals surface area contributed by atoms with Crippen LogP contribution in [0.15, 0.2) is 72.1 Å². The molecule has 0 spiro atoms. The maximum atomic E-state index is 12.6. The molecule has 0 aliphatic heterocycles. The number of thiophene rings is 1. The van der Waals surface area contributed by atoms with Crippen molar-refractivity contribution in [1.29, 1.82) is 0 Å². The average Bonchev–Trinajstić information content (AvgIpc) is 3.16. The summed E-state index contributed by atoms with van der Waals surface area (Å²) >= 11 is 7.49. The van der Waals surface area contributed by atoms with Crippen molar-refractivity contribution in [2.45, 2.75) is 19.1 Å². The summed E-state index contributed by atoms with van der Waals surface area (Å²) in [5, 5.41) is 5.72. The molecule has 3 rings (SSSR count). The van der Waals surface area contributed by atoms with Gasteiger partial charge in [0, 0.05) is 9.90 Å². The molecule has 0 aliphatic carbocycles. The molecule has 0 saturated carbocycles. The van der Waals surface area contributed by atoms with Crippen LogP contribution in [0.2, 0.25) is 5.02 Å². The SMILES string of the molecule is CC(Oc1ccc(Cl)cc1)C(=O)NC(c1ccccc1)c1cccs1. The summed E-state index contributed by atoms with van der Waals surface area (Å²) in [6.07, 6.45) is -0.618. The van der Waals surface area contributed by atoms with Gasteiger partial charge < -0.3 is 10.1 Å². The van der Waals surface area contributed by atoms with Crippen LogP contribution in [-0.2, 0) is 4.79 Å². The molecule has 128 valence electrons. The lowest BCUT2D eigenvalue weighted by Crippen LogP contribution is -2.38. The van der Waals surface area contributed by atoms with Crippen molar-refractivity contribution in [3.05, 3.63) is 87.6 Å². The molecule has 0 fully saturated rings. The Morgan fingerprint density at radius 1 is 1.04 bits per heavy atom. The lowest BCUT2D eigenvalue weighted by atomic mass is 10.1. The predicted octanol–water partition coefficient (Wildman–Crippen LogP) is 5.07. The third-order valence-corrected chi connectivity index (χ3v) is 4.93. The summed E-state index contributed by atoms with van der Waals surface area (Å²) in [5.41, 5.74) is 1.04. The quantitative estimate of drug-likeness (QED) is 0.656. The van der Waals surface area contributed by atoms with Crippen molar-refractivity contribution < 1.29 is 9.53 Å². The summed E-state index contributed by atoms with van der Waals surface area (Å²) in [7, 11) is 0. The monoisotopic (exact) mass is 371 g/mol. The van der Waals surface area contributed by atoms with Gasteiger partial charge in [-0.05, 0) is 48.2 Å². The smallest absolute Gasteiger partial charge is 0.261 e. The van der Waals surface area contributed by atoms with E-state index in [1.54, 1.807) is 42.5 Å². The summed E-state index contributed by atoms with van der Waals surface area (Å²) in [5.74, 6) is 0.441. The van der Waals surface area contributed by atoms with Gasteiger partial charge in [-0.3, -0.25) is 4.79 Å². The van der Waals surface area contributed by atoms with Gasteiger partial charge >= 0.3 is 0 Å². The number of benzene rings is 2. The maximum absolute atomic E-state index is 12.6. The van der Waals surface area contributed by atoms with Gasteiger partial charge in [-0.2, -0.15) is 0 Å². The number of halogens is 1. The van der Waals surface area contributed by atoms with Crippen LogP contribution in [-0.4, -0.2) is 12.0 Å². The minimum absolute atomic E-state index is 0.169. The molecule has 3 nitrogen and oxygen atoms in total. The van der Waals surface area contributed by atoms with E-state index in [2.05, 4.69) is 5.32 Å². The highest BCUT2D eigenvalue weighted by molar-refractivity contribution is 7.10. The Labute approximate surface area is 156 Å². The van der Waals surface area contributed by atoms with Crippen LogP contribution >= 0.6 is 22.9 Å². The third-order valence-electron chi connectivity index (χ3n) is 3.74. The van der Waals surface area contributed by atoms with E-state index in [9.17, 15) is 4.79 Å². The van der Waals surface area contributed by atoms with Crippen molar-refractivity contribution in [2.75, 3.05) is 0 Å². The zero-order valence-electron chi connectivity index (χ0n) is 13.7. The van der Waals surface area contributed by atoms with Gasteiger partial charge in [0.05, 0.1) is 6.04 Å². The van der Waals surface area contributed by atoms with Crippen LogP contribution in [0.1, 0.15) is 23.4 Å². The molecule has 0 saturated heterocycles. The van der Waals surface area contributed by atoms with Crippen LogP contribution in [0.3, 0.4) is 0 Å². The minimum atomic E-state index is -0.618. The van der Waals surface area contributed by atoms with Gasteiger partial charge in [0.15, 0.2) is 6.10 Å². The second-order valence-corrected chi connectivity index (χ2v) is 7.00. The topological polar surface area (TPSA) is 38.3 Å². The average molecular weight is 372 g/mol. The number of hydrogen-bond acceptors (Lipinski definition) is 3. The second kappa shape index (κ2) is 8.19. The van der Waals surface area contributed by atoms with Gasteiger partial charge in [0.1, 0.15) is 5.75 Å². The zero-order valence-corrected chi connectivity index (χ0v) is 15.3. The summed E-state index contributed by atoms with van der Waals surface area (Å²) in [6.45, 7) is 1.74. The van der Waals surface area contributed by atoms with Crippen LogP contribution in [0.4, 0.5) is 0 Å². The van der Waals surface area contributed by atoms with Gasteiger partial charge in [0.25, 0.3) is 5.91 Å². The molecule has 0 aliphatic rings. The Balaban J connectivity index is 1.73. The lowest BCUT2D eigenvalue weighted by molar-refractivity contribution is -0.127. The molecular weight excluding hydrogens is 354 g/mol. The van der Waals surface area contributed by atoms with E-state index in [0.29, 0.717) is 10.8 Å². The second-order valence-electron chi connectivity index (χ2n) is 5.58. The van der Waals surface area contributed by atoms with Crippen molar-refractivity contribution in [1.82, 2.24) is 5.32 Å². The Hall–Kier alpha value is -2.30. The van der Waals surface area contributed by atoms with Crippen LogP contribution in [0.25, 0.3) is 0 Å². The highest BCUT2D eigenvalue weighted by Crippen LogP contribution is 2.26. The highest BCUT2D eigenvalue weighted by Gasteiger charge is 2.22. The fourth-order valence-electron chi connectivity index (χ4n) is 2.45. The third kappa shape index (κ3) is 4.62. The van der Waals surface area contributed by atoms with Crippen molar-refractivity contribution in [3.8, 4) is 5.75 Å². The largest absolute Gasteiger partial charge is 0.481 e. The molecule has 1 aromatic heterocycles. The molecule has 1 N–H and O–H groups in total. The van der Waals surface area contributed by atoms with Crippen LogP contribution in [0.5, 0.6) is 5.75 Å². The first-order chi connectivity index (χ1) is 12.1. The van der Waals surface area contributed by atoms with Gasteiger partial charge in [-0.25, -0.2) is 0 Å². The normalized spacial score (nSPS) is 13.0. The predicted molar refractivity (Wildman–Crippen MR) is 102 cm³/mol. The van der Waals surface area contributed by atoms with Crippen molar-refractivity contribution in [2.24, 2.45) is 0 Å². The molecule has 0 radical (unpaired) electrons. The van der Waals surface area contributed by atoms with E-state index >= 15 is 0 Å². The Bertz CT molecular complexity index is 803. The van der Waals surface area contributed by atoms with Crippen LogP contribution < -0.4 is 10.1 Å². The molecular formula is C20H18ClNO2S. The molecule has 2 aromatic carbocycles. The Kier molecular flexibility index (Phi) is 5.74. The Morgan fingerprint density at radius 2 is 1.76 bits per heavy atom. The van der Waals surface area contributed by atoms with Crippen LogP contribution in [0, 0.1) is 0 Å². The van der Waals surface area contributed by atoms with Crippen molar-refractivity contribution >= 4 is 28.8 Å². The first-order valence-corrected chi connectivity index (χ1v) is 9.20. The molecule has 1 heterocycles. The standard InChI is InChI=1S/C20H18ClNO2S/c1-14(24-17-11-9-16(21)10-12-17)20(23)22-19(18-8-5-13-25-18)15-6-3-2-4-7-15/h2-14,19H,1H3,(H,22,23). The molecule has 0 bridgehead atoms. The van der Waals surface area contributed by atoms with E-state index in [4.69, 9.17) is 16.3 Å². The van der Waals surface area contributed by atoms with Crippen molar-refractivity contribution in [3.63, 3.8) is 0 Å². The summed E-state index contributed by atoms with van der Waals surface area (Å²) in [4.78, 5) is 13.7. The number of carbonyl (C=O) groups excluding carboxylic acids is 1. The van der Waals surface area contributed by atoms with Gasteiger partial charge in [-0.1, -0.05) is 48.0 Å². The molecule has 2 atom stereocenters. The zero-order chi connectivity index (χ0) is 17.6. The first-order valence-electron chi connectivity index (χ1n) is 7.94. The maximum Gasteiger partial charge on any atom is 0.261 e. The number of ether oxygens (including phenoxy) is 1. The summed E-state index contributed by atoms with van der Waals surface area (Å²) in [6, 6.07) is 20.7. The van der Waals surface area contributed by atoms with E-state index < -0.39 is 6.10 Å². The minimum Gasteiger partial charge on any atom is -0.481 e. The number of rotatable bonds is 6. The number of carbonyl (C=O) groups is 1. The molecule has 2 unspecified atom stereocenters. The fraction of sp³-hybridized carbons (Fsp3) is 0.150. The fourth-order valence-corrected chi connectivity index (χ4v) is 3.38. The lowest BCUT2D eigenvalue weighted by Gasteiger charge is -2.21. The number of hydrogen-bond donors (Lipinski definition) is 1. The molecule has 25 heavy (non-hydrogen) atoms. The number of nitrogens with one attached hydrogen (secondary N) is 1. The van der Waals surface area contributed by atoms with E-state index in [1.165, 1.54) is 0 Å². The summed E-state index contributed by atoms with van der Waals surface area (Å²) < 4.78 is 5.72. The van der Waals surface area contributed by atoms with E-state index in [-0.39, 0.29) is 11.9 Å². The number of amides is 1. The Morgan fingerprint density at radius 3 is 2.40 bits per heavy atom. The van der Waals surface area contributed by atoms with Gasteiger partial charge in [0.2, 0.25) is 0 Å². The molecule has 5 heteroatoms. The first kappa shape index (κ1) is 17.5. The highest BCUT2D eigenvalue weighted by atomic mass is 35.5. The van der Waals surface area contributed by atoms with Gasteiger partial charge in [-0.15, -0.1) is 11.3 Å². The molecule has 1 amide bonds. The van der Waals surface area contributed by atoms with E-state index in [1.807, 2.05) is 47.8 Å². The van der Waals surface area contributed by atoms with E-state index in [0.717, 1.165) is 10.4 Å². The molecule has 3 aromatic rings.